The smallest absolute Gasteiger partial charge is 0.153 e. The number of hydrazone groups is 1. The molecule has 90 valence electrons. The van der Waals surface area contributed by atoms with Crippen molar-refractivity contribution in [3.8, 4) is 0 Å². The molecule has 0 saturated heterocycles. The Morgan fingerprint density at radius 3 is 2.31 bits per heavy atom. The zero-order valence-electron chi connectivity index (χ0n) is 9.09. The van der Waals surface area contributed by atoms with Crippen molar-refractivity contribution in [1.82, 2.24) is 5.53 Å². The van der Waals surface area contributed by atoms with Gasteiger partial charge in [0.1, 0.15) is 0 Å². The van der Waals surface area contributed by atoms with E-state index in [1.807, 2.05) is 13.8 Å². The first-order valence-electron chi connectivity index (χ1n) is 4.60. The lowest BCUT2D eigenvalue weighted by atomic mass is 10.2. The van der Waals surface area contributed by atoms with E-state index in [2.05, 4.69) is 10.6 Å². The number of hydrazine groups is 1. The minimum atomic E-state index is 0.140. The summed E-state index contributed by atoms with van der Waals surface area (Å²) in [6.45, 7) is 4.00. The van der Waals surface area contributed by atoms with Crippen LogP contribution in [0, 0.1) is 0 Å². The fourth-order valence-corrected chi connectivity index (χ4v) is 1.37. The van der Waals surface area contributed by atoms with Gasteiger partial charge in [0.15, 0.2) is 5.84 Å². The van der Waals surface area contributed by atoms with Gasteiger partial charge >= 0.3 is 0 Å². The van der Waals surface area contributed by atoms with Crippen LogP contribution in [0.15, 0.2) is 17.2 Å². The predicted molar refractivity (Wildman–Crippen MR) is 70.3 cm³/mol. The molecule has 0 aromatic heterocycles. The Balaban J connectivity index is 0.00000106. The number of benzene rings is 1. The topological polar surface area (TPSA) is 102 Å². The largest absolute Gasteiger partial charge is 0.398 e. The summed E-state index contributed by atoms with van der Waals surface area (Å²) in [5.41, 5.74) is 14.0. The van der Waals surface area contributed by atoms with E-state index in [0.717, 1.165) is 0 Å². The van der Waals surface area contributed by atoms with Crippen LogP contribution in [-0.4, -0.2) is 5.84 Å². The van der Waals surface area contributed by atoms with Gasteiger partial charge in [-0.2, -0.15) is 0 Å². The number of anilines is 1. The summed E-state index contributed by atoms with van der Waals surface area (Å²) in [5, 5.41) is 4.30. The number of nitrogens with one attached hydrogen (secondary N) is 1. The Kier molecular flexibility index (Phi) is 6.64. The lowest BCUT2D eigenvalue weighted by molar-refractivity contribution is 0.804. The van der Waals surface area contributed by atoms with Gasteiger partial charge in [0, 0.05) is 5.56 Å². The highest BCUT2D eigenvalue weighted by molar-refractivity contribution is 6.38. The molecule has 16 heavy (non-hydrogen) atoms. The highest BCUT2D eigenvalue weighted by Gasteiger charge is 2.08. The van der Waals surface area contributed by atoms with Crippen molar-refractivity contribution < 1.29 is 0 Å². The van der Waals surface area contributed by atoms with E-state index in [4.69, 9.17) is 40.5 Å². The van der Waals surface area contributed by atoms with Gasteiger partial charge in [-0.3, -0.25) is 0 Å². The van der Waals surface area contributed by atoms with Crippen LogP contribution in [0.25, 0.3) is 0 Å². The van der Waals surface area contributed by atoms with Crippen molar-refractivity contribution in [2.45, 2.75) is 13.8 Å². The molecule has 0 unspecified atom stereocenters. The molecule has 0 saturated carbocycles. The Morgan fingerprint density at radius 1 is 1.25 bits per heavy atom. The van der Waals surface area contributed by atoms with Crippen LogP contribution < -0.4 is 22.8 Å². The fraction of sp³-hybridized carbons (Fsp3) is 0.222. The van der Waals surface area contributed by atoms with Crippen molar-refractivity contribution in [1.29, 1.82) is 0 Å². The van der Waals surface area contributed by atoms with Gasteiger partial charge in [0.05, 0.1) is 15.7 Å². The molecule has 0 bridgehead atoms. The number of hydrogen-bond donors (Lipinski definition) is 4. The summed E-state index contributed by atoms with van der Waals surface area (Å²) in [5.74, 6) is 5.11. The minimum absolute atomic E-state index is 0.140. The molecule has 0 radical (unpaired) electrons. The summed E-state index contributed by atoms with van der Waals surface area (Å²) in [4.78, 5) is 0. The molecule has 1 aromatic rings. The second-order valence-electron chi connectivity index (χ2n) is 2.48. The normalized spacial score (nSPS) is 10.4. The number of nitrogens with two attached hydrogens (primary N) is 3. The van der Waals surface area contributed by atoms with E-state index < -0.39 is 0 Å². The molecule has 0 aliphatic heterocycles. The summed E-state index contributed by atoms with van der Waals surface area (Å²) in [7, 11) is 0. The monoisotopic (exact) mass is 263 g/mol. The van der Waals surface area contributed by atoms with Crippen molar-refractivity contribution in [3.63, 3.8) is 0 Å². The van der Waals surface area contributed by atoms with Crippen LogP contribution in [0.4, 0.5) is 5.69 Å². The standard InChI is InChI=1S/C7H9Cl2N5.C2H6/c8-4-2-5(9)6(10)1-3(4)7(11)13-14-12;1-2/h1-2,14H,10,12H2,(H2,11,13);1-2H3. The van der Waals surface area contributed by atoms with Crippen molar-refractivity contribution in [3.05, 3.63) is 27.7 Å². The number of halogens is 2. The van der Waals surface area contributed by atoms with Gasteiger partial charge < -0.3 is 11.5 Å². The molecule has 7 N–H and O–H groups in total. The van der Waals surface area contributed by atoms with Crippen molar-refractivity contribution in [2.24, 2.45) is 16.7 Å². The maximum atomic E-state index is 5.86. The highest BCUT2D eigenvalue weighted by Crippen LogP contribution is 2.26. The molecule has 1 rings (SSSR count). The van der Waals surface area contributed by atoms with Gasteiger partial charge in [-0.05, 0) is 12.1 Å². The number of nitrogen functional groups attached to an aromatic ring is 1. The molecular weight excluding hydrogens is 249 g/mol. The molecule has 0 atom stereocenters. The van der Waals surface area contributed by atoms with Gasteiger partial charge in [0.2, 0.25) is 0 Å². The second-order valence-corrected chi connectivity index (χ2v) is 3.29. The highest BCUT2D eigenvalue weighted by atomic mass is 35.5. The number of hydrogen-bond acceptors (Lipinski definition) is 4. The average Bonchev–Trinajstić information content (AvgIpc) is 2.26. The summed E-state index contributed by atoms with van der Waals surface area (Å²) in [6, 6.07) is 3.02. The maximum absolute atomic E-state index is 5.86. The van der Waals surface area contributed by atoms with Gasteiger partial charge in [-0.1, -0.05) is 37.0 Å². The minimum Gasteiger partial charge on any atom is -0.398 e. The molecule has 7 heteroatoms. The SMILES string of the molecule is CC.NN/N=C(\N)c1cc(N)c(Cl)cc1Cl. The molecule has 0 spiro atoms. The Hall–Kier alpha value is -1.17. The quantitative estimate of drug-likeness (QED) is 0.214. The molecule has 0 heterocycles. The fourth-order valence-electron chi connectivity index (χ4n) is 0.892. The Morgan fingerprint density at radius 2 is 1.81 bits per heavy atom. The molecule has 0 aliphatic rings. The molecule has 0 aliphatic carbocycles. The zero-order chi connectivity index (χ0) is 12.7. The summed E-state index contributed by atoms with van der Waals surface area (Å²) >= 11 is 11.6. The lowest BCUT2D eigenvalue weighted by Crippen LogP contribution is -2.23. The number of amidine groups is 1. The van der Waals surface area contributed by atoms with Crippen molar-refractivity contribution in [2.75, 3.05) is 5.73 Å². The molecule has 5 nitrogen and oxygen atoms in total. The average molecular weight is 264 g/mol. The number of rotatable bonds is 2. The molecule has 0 amide bonds. The van der Waals surface area contributed by atoms with Gasteiger partial charge in [-0.15, -0.1) is 5.10 Å². The Bertz CT molecular complexity index is 378. The first-order chi connectivity index (χ1) is 7.56. The van der Waals surface area contributed by atoms with Crippen LogP contribution in [0.2, 0.25) is 10.0 Å². The third-order valence-corrected chi connectivity index (χ3v) is 2.19. The van der Waals surface area contributed by atoms with Crippen LogP contribution in [0.3, 0.4) is 0 Å². The lowest BCUT2D eigenvalue weighted by Gasteiger charge is -2.06. The third kappa shape index (κ3) is 3.77. The predicted octanol–water partition coefficient (Wildman–Crippen LogP) is 1.69. The number of nitrogens with zero attached hydrogens (tertiary/aromatic N) is 1. The van der Waals surface area contributed by atoms with E-state index in [-0.39, 0.29) is 5.84 Å². The molecule has 1 aromatic carbocycles. The first-order valence-corrected chi connectivity index (χ1v) is 5.35. The van der Waals surface area contributed by atoms with E-state index in [0.29, 0.717) is 21.3 Å². The van der Waals surface area contributed by atoms with E-state index in [1.54, 1.807) is 0 Å². The summed E-state index contributed by atoms with van der Waals surface area (Å²) in [6.07, 6.45) is 0. The summed E-state index contributed by atoms with van der Waals surface area (Å²) < 4.78 is 0. The van der Waals surface area contributed by atoms with E-state index >= 15 is 0 Å². The van der Waals surface area contributed by atoms with Crippen molar-refractivity contribution >= 4 is 34.7 Å². The molecular formula is C9H15Cl2N5. The molecule has 0 fully saturated rings. The second kappa shape index (κ2) is 7.16. The van der Waals surface area contributed by atoms with Crippen LogP contribution in [0.1, 0.15) is 19.4 Å². The van der Waals surface area contributed by atoms with Gasteiger partial charge in [0.25, 0.3) is 0 Å². The maximum Gasteiger partial charge on any atom is 0.153 e. The van der Waals surface area contributed by atoms with Crippen LogP contribution in [0.5, 0.6) is 0 Å². The van der Waals surface area contributed by atoms with Crippen LogP contribution in [-0.2, 0) is 0 Å². The van der Waals surface area contributed by atoms with Crippen LogP contribution >= 0.6 is 23.2 Å². The zero-order valence-corrected chi connectivity index (χ0v) is 10.6. The van der Waals surface area contributed by atoms with E-state index in [9.17, 15) is 0 Å². The third-order valence-electron chi connectivity index (χ3n) is 1.55. The Labute approximate surface area is 105 Å². The van der Waals surface area contributed by atoms with Gasteiger partial charge in [-0.25, -0.2) is 11.4 Å². The first kappa shape index (κ1) is 14.8. The van der Waals surface area contributed by atoms with E-state index in [1.165, 1.54) is 12.1 Å².